The van der Waals surface area contributed by atoms with E-state index in [9.17, 15) is 0 Å². The summed E-state index contributed by atoms with van der Waals surface area (Å²) in [5, 5.41) is 0. The van der Waals surface area contributed by atoms with Crippen LogP contribution in [0.4, 0.5) is 0 Å². The van der Waals surface area contributed by atoms with Crippen LogP contribution in [-0.4, -0.2) is 13.7 Å². The molecule has 0 aromatic heterocycles. The first-order chi connectivity index (χ1) is 7.19. The maximum Gasteiger partial charge on any atom is 0.0491 e. The van der Waals surface area contributed by atoms with Gasteiger partial charge >= 0.3 is 0 Å². The summed E-state index contributed by atoms with van der Waals surface area (Å²) in [7, 11) is 1.77. The Morgan fingerprint density at radius 1 is 1.33 bits per heavy atom. The summed E-state index contributed by atoms with van der Waals surface area (Å²) >= 11 is 0. The van der Waals surface area contributed by atoms with Gasteiger partial charge in [-0.05, 0) is 42.4 Å². The van der Waals surface area contributed by atoms with Crippen LogP contribution in [0.25, 0.3) is 0 Å². The zero-order valence-electron chi connectivity index (χ0n) is 10.3. The molecule has 0 radical (unpaired) electrons. The van der Waals surface area contributed by atoms with E-state index in [0.717, 1.165) is 19.4 Å². The van der Waals surface area contributed by atoms with E-state index in [1.165, 1.54) is 16.7 Å². The molecule has 84 valence electrons. The van der Waals surface area contributed by atoms with Crippen molar-refractivity contribution in [3.63, 3.8) is 0 Å². The summed E-state index contributed by atoms with van der Waals surface area (Å²) in [6.07, 6.45) is 2.25. The highest BCUT2D eigenvalue weighted by Gasteiger charge is 2.08. The van der Waals surface area contributed by atoms with Crippen molar-refractivity contribution in [2.75, 3.05) is 13.7 Å². The third kappa shape index (κ3) is 3.35. The topological polar surface area (TPSA) is 9.23 Å². The van der Waals surface area contributed by atoms with Crippen molar-refractivity contribution in [3.05, 3.63) is 34.9 Å². The molecule has 1 unspecified atom stereocenters. The Morgan fingerprint density at radius 2 is 2.07 bits per heavy atom. The minimum Gasteiger partial charge on any atom is -0.384 e. The van der Waals surface area contributed by atoms with Gasteiger partial charge in [-0.3, -0.25) is 0 Å². The van der Waals surface area contributed by atoms with Crippen LogP contribution in [0.5, 0.6) is 0 Å². The molecule has 0 aliphatic carbocycles. The lowest BCUT2D eigenvalue weighted by Crippen LogP contribution is -2.09. The minimum atomic E-state index is 0.599. The average Bonchev–Trinajstić information content (AvgIpc) is 2.21. The molecule has 1 aromatic carbocycles. The molecule has 0 saturated heterocycles. The zero-order chi connectivity index (χ0) is 11.3. The maximum absolute atomic E-state index is 5.19. The highest BCUT2D eigenvalue weighted by molar-refractivity contribution is 5.34. The van der Waals surface area contributed by atoms with Crippen LogP contribution in [0.2, 0.25) is 0 Å². The lowest BCUT2D eigenvalue weighted by atomic mass is 9.92. The van der Waals surface area contributed by atoms with Gasteiger partial charge in [0.15, 0.2) is 0 Å². The summed E-state index contributed by atoms with van der Waals surface area (Å²) in [4.78, 5) is 0. The second kappa shape index (κ2) is 5.92. The largest absolute Gasteiger partial charge is 0.384 e. The van der Waals surface area contributed by atoms with Crippen LogP contribution in [0.3, 0.4) is 0 Å². The summed E-state index contributed by atoms with van der Waals surface area (Å²) in [6.45, 7) is 7.51. The van der Waals surface area contributed by atoms with E-state index in [1.54, 1.807) is 7.11 Å². The van der Waals surface area contributed by atoms with E-state index in [0.29, 0.717) is 5.92 Å². The van der Waals surface area contributed by atoms with Gasteiger partial charge in [0.1, 0.15) is 0 Å². The third-order valence-electron chi connectivity index (χ3n) is 2.89. The fourth-order valence-electron chi connectivity index (χ4n) is 2.08. The number of aryl methyl sites for hydroxylation is 2. The molecule has 0 N–H and O–H groups in total. The first-order valence-electron chi connectivity index (χ1n) is 5.75. The van der Waals surface area contributed by atoms with E-state index in [4.69, 9.17) is 4.74 Å². The Bertz CT molecular complexity index is 304. The molecule has 0 amide bonds. The second-order valence-corrected chi connectivity index (χ2v) is 4.33. The van der Waals surface area contributed by atoms with Crippen LogP contribution >= 0.6 is 0 Å². The molecule has 0 fully saturated rings. The van der Waals surface area contributed by atoms with Crippen molar-refractivity contribution in [1.29, 1.82) is 0 Å². The maximum atomic E-state index is 5.19. The van der Waals surface area contributed by atoms with Crippen LogP contribution < -0.4 is 0 Å². The molecule has 0 aliphatic heterocycles. The van der Waals surface area contributed by atoms with Gasteiger partial charge in [-0.25, -0.2) is 0 Å². The van der Waals surface area contributed by atoms with Gasteiger partial charge in [0, 0.05) is 13.7 Å². The molecule has 1 rings (SSSR count). The zero-order valence-corrected chi connectivity index (χ0v) is 10.3. The molecular formula is C14H22O. The summed E-state index contributed by atoms with van der Waals surface area (Å²) in [5.74, 6) is 0.599. The predicted molar refractivity (Wildman–Crippen MR) is 65.3 cm³/mol. The fraction of sp³-hybridized carbons (Fsp3) is 0.571. The molecule has 1 heteroatoms. The van der Waals surface area contributed by atoms with E-state index in [-0.39, 0.29) is 0 Å². The molecule has 0 aliphatic rings. The Kier molecular flexibility index (Phi) is 4.83. The Morgan fingerprint density at radius 3 is 2.67 bits per heavy atom. The van der Waals surface area contributed by atoms with E-state index in [2.05, 4.69) is 39.0 Å². The average molecular weight is 206 g/mol. The molecule has 1 atom stereocenters. The van der Waals surface area contributed by atoms with Crippen molar-refractivity contribution >= 4 is 0 Å². The quantitative estimate of drug-likeness (QED) is 0.717. The van der Waals surface area contributed by atoms with Gasteiger partial charge in [-0.2, -0.15) is 0 Å². The number of hydrogen-bond acceptors (Lipinski definition) is 1. The molecule has 0 spiro atoms. The normalized spacial score (nSPS) is 12.8. The van der Waals surface area contributed by atoms with E-state index < -0.39 is 0 Å². The van der Waals surface area contributed by atoms with Crippen LogP contribution in [-0.2, 0) is 17.6 Å². The Hall–Kier alpha value is -0.820. The second-order valence-electron chi connectivity index (χ2n) is 4.33. The molecule has 1 aromatic rings. The summed E-state index contributed by atoms with van der Waals surface area (Å²) in [6, 6.07) is 6.59. The molecule has 0 bridgehead atoms. The lowest BCUT2D eigenvalue weighted by molar-refractivity contribution is 0.159. The lowest BCUT2D eigenvalue weighted by Gasteiger charge is -2.15. The monoisotopic (exact) mass is 206 g/mol. The number of hydrogen-bond donors (Lipinski definition) is 0. The van der Waals surface area contributed by atoms with Crippen LogP contribution in [0.15, 0.2) is 18.2 Å². The predicted octanol–water partition coefficient (Wildman–Crippen LogP) is 3.38. The summed E-state index contributed by atoms with van der Waals surface area (Å²) in [5.41, 5.74) is 4.42. The van der Waals surface area contributed by atoms with Crippen molar-refractivity contribution in [2.45, 2.75) is 33.6 Å². The van der Waals surface area contributed by atoms with Gasteiger partial charge < -0.3 is 4.74 Å². The smallest absolute Gasteiger partial charge is 0.0491 e. The van der Waals surface area contributed by atoms with Gasteiger partial charge in [0.25, 0.3) is 0 Å². The first-order valence-corrected chi connectivity index (χ1v) is 5.75. The van der Waals surface area contributed by atoms with Crippen molar-refractivity contribution in [2.24, 2.45) is 5.92 Å². The fourth-order valence-corrected chi connectivity index (χ4v) is 2.08. The highest BCUT2D eigenvalue weighted by Crippen LogP contribution is 2.19. The van der Waals surface area contributed by atoms with E-state index >= 15 is 0 Å². The molecular weight excluding hydrogens is 184 g/mol. The summed E-state index contributed by atoms with van der Waals surface area (Å²) < 4.78 is 5.19. The number of rotatable bonds is 5. The number of methoxy groups -OCH3 is 1. The molecule has 0 saturated carbocycles. The SMILES string of the molecule is CCc1cccc(C)c1CC(C)COC. The van der Waals surface area contributed by atoms with Crippen LogP contribution in [0.1, 0.15) is 30.5 Å². The molecule has 0 heterocycles. The number of benzene rings is 1. The first kappa shape index (κ1) is 12.3. The van der Waals surface area contributed by atoms with Crippen molar-refractivity contribution < 1.29 is 4.74 Å². The van der Waals surface area contributed by atoms with Gasteiger partial charge in [-0.1, -0.05) is 32.0 Å². The van der Waals surface area contributed by atoms with Gasteiger partial charge in [0.2, 0.25) is 0 Å². The Balaban J connectivity index is 2.82. The Labute approximate surface area is 93.5 Å². The number of ether oxygens (including phenoxy) is 1. The minimum absolute atomic E-state index is 0.599. The third-order valence-corrected chi connectivity index (χ3v) is 2.89. The van der Waals surface area contributed by atoms with Crippen molar-refractivity contribution in [1.82, 2.24) is 0 Å². The van der Waals surface area contributed by atoms with Crippen molar-refractivity contribution in [3.8, 4) is 0 Å². The molecule has 1 nitrogen and oxygen atoms in total. The molecule has 15 heavy (non-hydrogen) atoms. The van der Waals surface area contributed by atoms with Gasteiger partial charge in [0.05, 0.1) is 0 Å². The van der Waals surface area contributed by atoms with Crippen LogP contribution in [0, 0.1) is 12.8 Å². The standard InChI is InChI=1S/C14H22O/c1-5-13-8-6-7-12(3)14(13)9-11(2)10-15-4/h6-8,11H,5,9-10H2,1-4H3. The van der Waals surface area contributed by atoms with E-state index in [1.807, 2.05) is 0 Å². The van der Waals surface area contributed by atoms with Gasteiger partial charge in [-0.15, -0.1) is 0 Å². The highest BCUT2D eigenvalue weighted by atomic mass is 16.5.